The first-order chi connectivity index (χ1) is 18.2. The summed E-state index contributed by atoms with van der Waals surface area (Å²) in [6.07, 6.45) is 0. The predicted molar refractivity (Wildman–Crippen MR) is 142 cm³/mol. The Bertz CT molecular complexity index is 1280. The van der Waals surface area contributed by atoms with Crippen molar-refractivity contribution in [2.75, 3.05) is 52.4 Å². The number of carbonyl (C=O) groups excluding carboxylic acids is 2. The van der Waals surface area contributed by atoms with E-state index in [9.17, 15) is 19.5 Å². The van der Waals surface area contributed by atoms with Crippen molar-refractivity contribution in [3.63, 3.8) is 0 Å². The van der Waals surface area contributed by atoms with Gasteiger partial charge in [-0.05, 0) is 17.7 Å². The summed E-state index contributed by atoms with van der Waals surface area (Å²) in [7, 11) is 0. The molecule has 0 radical (unpaired) electrons. The van der Waals surface area contributed by atoms with Crippen LogP contribution in [0.1, 0.15) is 47.8 Å². The third kappa shape index (κ3) is 5.66. The first-order valence-corrected chi connectivity index (χ1v) is 12.4. The van der Waals surface area contributed by atoms with Gasteiger partial charge in [0, 0.05) is 75.6 Å². The molecule has 12 heteroatoms. The number of hydrogen-bond acceptors (Lipinski definition) is 7. The number of ketones is 1. The summed E-state index contributed by atoms with van der Waals surface area (Å²) in [5.74, 6) is -2.69. The van der Waals surface area contributed by atoms with Gasteiger partial charge < -0.3 is 31.7 Å². The van der Waals surface area contributed by atoms with E-state index in [2.05, 4.69) is 10.2 Å². The van der Waals surface area contributed by atoms with Crippen LogP contribution in [0.15, 0.2) is 36.4 Å². The lowest BCUT2D eigenvalue weighted by molar-refractivity contribution is 0.0668. The number of nitrogens with zero attached hydrogens (tertiary/aromatic N) is 3. The summed E-state index contributed by atoms with van der Waals surface area (Å²) in [5.41, 5.74) is 11.8. The molecule has 0 spiro atoms. The maximum atomic E-state index is 13.9. The third-order valence-corrected chi connectivity index (χ3v) is 6.87. The Morgan fingerprint density at radius 3 is 2.03 bits per heavy atom. The van der Waals surface area contributed by atoms with E-state index in [4.69, 9.17) is 22.3 Å². The minimum absolute atomic E-state index is 0.00520. The minimum Gasteiger partial charge on any atom is -0.478 e. The summed E-state index contributed by atoms with van der Waals surface area (Å²) >= 11 is 0. The van der Waals surface area contributed by atoms with Crippen LogP contribution >= 0.6 is 0 Å². The van der Waals surface area contributed by atoms with Gasteiger partial charge in [0.15, 0.2) is 11.7 Å². The summed E-state index contributed by atoms with van der Waals surface area (Å²) in [5, 5.41) is 28.9. The largest absolute Gasteiger partial charge is 0.478 e. The van der Waals surface area contributed by atoms with Gasteiger partial charge in [0.05, 0.1) is 11.1 Å². The number of nitrogen functional groups attached to an aromatic ring is 1. The number of piperazine rings is 2. The zero-order valence-electron chi connectivity index (χ0n) is 21.0. The molecule has 200 valence electrons. The van der Waals surface area contributed by atoms with Gasteiger partial charge in [-0.25, -0.2) is 4.79 Å². The van der Waals surface area contributed by atoms with Crippen molar-refractivity contribution in [1.82, 2.24) is 20.0 Å². The Morgan fingerprint density at radius 2 is 1.45 bits per heavy atom. The van der Waals surface area contributed by atoms with Crippen molar-refractivity contribution in [2.24, 2.45) is 11.5 Å². The van der Waals surface area contributed by atoms with Gasteiger partial charge >= 0.3 is 5.97 Å². The number of benzene rings is 2. The quantitative estimate of drug-likeness (QED) is 0.165. The first kappa shape index (κ1) is 26.8. The van der Waals surface area contributed by atoms with E-state index in [0.29, 0.717) is 64.5 Å². The van der Waals surface area contributed by atoms with Gasteiger partial charge in [-0.3, -0.25) is 25.3 Å². The average Bonchev–Trinajstić information content (AvgIpc) is 2.92. The molecule has 2 aromatic carbocycles. The maximum absolute atomic E-state index is 13.9. The molecule has 1 amide bonds. The highest BCUT2D eigenvalue weighted by atomic mass is 16.4. The fraction of sp³-hybridized carbons (Fsp3) is 0.346. The number of amides is 1. The van der Waals surface area contributed by atoms with Gasteiger partial charge in [-0.1, -0.05) is 24.3 Å². The van der Waals surface area contributed by atoms with Gasteiger partial charge in [-0.2, -0.15) is 0 Å². The van der Waals surface area contributed by atoms with E-state index in [-0.39, 0.29) is 39.6 Å². The van der Waals surface area contributed by atoms with Crippen molar-refractivity contribution in [3.05, 3.63) is 69.8 Å². The van der Waals surface area contributed by atoms with Crippen molar-refractivity contribution in [2.45, 2.75) is 6.54 Å². The highest BCUT2D eigenvalue weighted by Crippen LogP contribution is 2.26. The molecule has 2 saturated heterocycles. The Hall–Kier alpha value is -4.29. The van der Waals surface area contributed by atoms with Crippen LogP contribution in [-0.4, -0.2) is 102 Å². The molecule has 2 fully saturated rings. The van der Waals surface area contributed by atoms with E-state index in [1.165, 1.54) is 12.1 Å². The van der Waals surface area contributed by atoms with Gasteiger partial charge in [0.1, 0.15) is 5.84 Å². The lowest BCUT2D eigenvalue weighted by Crippen LogP contribution is -2.50. The number of nitrogens with one attached hydrogen (secondary N) is 3. The second-order valence-electron chi connectivity index (χ2n) is 9.35. The van der Waals surface area contributed by atoms with E-state index in [1.54, 1.807) is 34.1 Å². The molecule has 8 N–H and O–H groups in total. The molecule has 0 saturated carbocycles. The van der Waals surface area contributed by atoms with Crippen molar-refractivity contribution < 1.29 is 19.5 Å². The van der Waals surface area contributed by atoms with Crippen LogP contribution in [0, 0.1) is 10.8 Å². The molecule has 38 heavy (non-hydrogen) atoms. The molecule has 4 rings (SSSR count). The number of amidine groups is 1. The molecule has 0 bridgehead atoms. The van der Waals surface area contributed by atoms with Crippen LogP contribution in [0.4, 0.5) is 0 Å². The highest BCUT2D eigenvalue weighted by molar-refractivity contribution is 6.21. The standard InChI is InChI=1S/C26H32N8O4/c27-23(28)18-4-2-1-3-17(18)22(35)19-13-16(15-32-9-11-34(12-10-32)26(29)30)14-20(25(37)38)21(19)24(36)33-7-5-31-6-8-33/h1-4,13-14,31H,5-12,15H2,(H3,27,28)(H3,29,30)(H,37,38). The molecule has 12 nitrogen and oxygen atoms in total. The SMILES string of the molecule is N=C(N)c1ccccc1C(=O)c1cc(CN2CCN(C(=N)N)CC2)cc(C(=O)O)c1C(=O)N1CCNCC1. The number of nitrogens with two attached hydrogens (primary N) is 2. The smallest absolute Gasteiger partial charge is 0.336 e. The lowest BCUT2D eigenvalue weighted by Gasteiger charge is -2.35. The number of carboxylic acid groups (broad SMARTS) is 1. The van der Waals surface area contributed by atoms with Crippen LogP contribution in [0.2, 0.25) is 0 Å². The molecular formula is C26H32N8O4. The molecule has 0 atom stereocenters. The Labute approximate surface area is 220 Å². The lowest BCUT2D eigenvalue weighted by atomic mass is 9.89. The third-order valence-electron chi connectivity index (χ3n) is 6.87. The molecule has 0 aromatic heterocycles. The van der Waals surface area contributed by atoms with Crippen LogP contribution in [0.5, 0.6) is 0 Å². The van der Waals surface area contributed by atoms with E-state index < -0.39 is 17.7 Å². The van der Waals surface area contributed by atoms with Crippen molar-refractivity contribution in [3.8, 4) is 0 Å². The van der Waals surface area contributed by atoms with Gasteiger partial charge in [-0.15, -0.1) is 0 Å². The molecule has 2 aromatic rings. The topological polar surface area (TPSA) is 193 Å². The van der Waals surface area contributed by atoms with Crippen molar-refractivity contribution in [1.29, 1.82) is 10.8 Å². The van der Waals surface area contributed by atoms with Crippen molar-refractivity contribution >= 4 is 29.5 Å². The van der Waals surface area contributed by atoms with Crippen LogP contribution in [0.25, 0.3) is 0 Å². The summed E-state index contributed by atoms with van der Waals surface area (Å²) in [6.45, 7) is 4.55. The van der Waals surface area contributed by atoms with E-state index in [1.807, 2.05) is 0 Å². The summed E-state index contributed by atoms with van der Waals surface area (Å²) in [4.78, 5) is 45.4. The molecule has 2 aliphatic rings. The van der Waals surface area contributed by atoms with Crippen LogP contribution in [0.3, 0.4) is 0 Å². The van der Waals surface area contributed by atoms with Crippen LogP contribution < -0.4 is 16.8 Å². The second-order valence-corrected chi connectivity index (χ2v) is 9.35. The maximum Gasteiger partial charge on any atom is 0.336 e. The highest BCUT2D eigenvalue weighted by Gasteiger charge is 2.31. The molecule has 2 heterocycles. The summed E-state index contributed by atoms with van der Waals surface area (Å²) in [6, 6.07) is 9.39. The Morgan fingerprint density at radius 1 is 0.842 bits per heavy atom. The number of carbonyl (C=O) groups is 3. The monoisotopic (exact) mass is 520 g/mol. The van der Waals surface area contributed by atoms with Crippen LogP contribution in [-0.2, 0) is 6.54 Å². The van der Waals surface area contributed by atoms with E-state index >= 15 is 0 Å². The Kier molecular flexibility index (Phi) is 8.03. The predicted octanol–water partition coefficient (Wildman–Crippen LogP) is -0.0437. The van der Waals surface area contributed by atoms with Gasteiger partial charge in [0.2, 0.25) is 0 Å². The normalized spacial score (nSPS) is 16.2. The molecule has 2 aliphatic heterocycles. The zero-order valence-corrected chi connectivity index (χ0v) is 21.0. The number of hydrogen-bond donors (Lipinski definition) is 6. The first-order valence-electron chi connectivity index (χ1n) is 12.4. The zero-order chi connectivity index (χ0) is 27.4. The minimum atomic E-state index is -1.30. The molecular weight excluding hydrogens is 488 g/mol. The fourth-order valence-electron chi connectivity index (χ4n) is 4.86. The number of rotatable bonds is 7. The van der Waals surface area contributed by atoms with Gasteiger partial charge in [0.25, 0.3) is 5.91 Å². The number of guanidine groups is 1. The summed E-state index contributed by atoms with van der Waals surface area (Å²) < 4.78 is 0. The fourth-order valence-corrected chi connectivity index (χ4v) is 4.86. The number of aromatic carboxylic acids is 1. The van der Waals surface area contributed by atoms with E-state index in [0.717, 1.165) is 0 Å². The second kappa shape index (κ2) is 11.4. The molecule has 0 aliphatic carbocycles. The number of carboxylic acids is 1. The Balaban J connectivity index is 1.80. The molecule has 0 unspecified atom stereocenters. The average molecular weight is 521 g/mol.